The van der Waals surface area contributed by atoms with Crippen LogP contribution in [0, 0.1) is 18.9 Å². The van der Waals surface area contributed by atoms with E-state index in [2.05, 4.69) is 12.0 Å². The summed E-state index contributed by atoms with van der Waals surface area (Å²) in [6.45, 7) is 2.09. The number of anilines is 1. The standard InChI is InChI=1S/C28H23F3N2O4S/c1-20-7-13-24(14-8-20)38(35,36)32-17-16-22(19-32)25-5-3-4-6-26(25)33(27(34)37-2)18-15-21-9-11-23(12-10-21)28(29,30)31/h3-14,19H,16-17H2,1-2H3. The van der Waals surface area contributed by atoms with E-state index < -0.39 is 27.9 Å². The van der Waals surface area contributed by atoms with Gasteiger partial charge in [-0.3, -0.25) is 4.31 Å². The van der Waals surface area contributed by atoms with Gasteiger partial charge in [0.25, 0.3) is 10.0 Å². The Bertz CT molecular complexity index is 1540. The lowest BCUT2D eigenvalue weighted by Gasteiger charge is -2.18. The summed E-state index contributed by atoms with van der Waals surface area (Å²) < 4.78 is 71.0. The van der Waals surface area contributed by atoms with E-state index in [4.69, 9.17) is 4.74 Å². The van der Waals surface area contributed by atoms with Crippen molar-refractivity contribution in [2.75, 3.05) is 18.6 Å². The Morgan fingerprint density at radius 3 is 2.29 bits per heavy atom. The number of carbonyl (C=O) groups excluding carboxylic acids is 1. The molecule has 0 unspecified atom stereocenters. The van der Waals surface area contributed by atoms with Crippen molar-refractivity contribution in [3.05, 3.63) is 101 Å². The molecule has 196 valence electrons. The topological polar surface area (TPSA) is 66.9 Å². The molecule has 0 saturated heterocycles. The first kappa shape index (κ1) is 26.8. The highest BCUT2D eigenvalue weighted by atomic mass is 32.2. The molecule has 0 N–H and O–H groups in total. The van der Waals surface area contributed by atoms with Crippen molar-refractivity contribution in [1.29, 1.82) is 0 Å². The second-order valence-electron chi connectivity index (χ2n) is 8.47. The predicted molar refractivity (Wildman–Crippen MR) is 137 cm³/mol. The number of benzene rings is 3. The fourth-order valence-electron chi connectivity index (χ4n) is 3.87. The van der Waals surface area contributed by atoms with Crippen LogP contribution in [0.1, 0.15) is 28.7 Å². The van der Waals surface area contributed by atoms with Crippen LogP contribution in [0.4, 0.5) is 23.7 Å². The van der Waals surface area contributed by atoms with E-state index in [0.29, 0.717) is 23.2 Å². The van der Waals surface area contributed by atoms with E-state index in [1.54, 1.807) is 48.5 Å². The van der Waals surface area contributed by atoms with Crippen LogP contribution >= 0.6 is 0 Å². The first-order valence-corrected chi connectivity index (χ1v) is 12.9. The lowest BCUT2D eigenvalue weighted by molar-refractivity contribution is -0.137. The summed E-state index contributed by atoms with van der Waals surface area (Å²) in [5, 5.41) is 0. The lowest BCUT2D eigenvalue weighted by Crippen LogP contribution is -2.26. The van der Waals surface area contributed by atoms with Crippen LogP contribution in [0.2, 0.25) is 0 Å². The molecule has 0 aromatic heterocycles. The Hall–Kier alpha value is -4.23. The zero-order valence-electron chi connectivity index (χ0n) is 20.5. The molecule has 0 spiro atoms. The third-order valence-electron chi connectivity index (χ3n) is 5.90. The molecule has 1 aliphatic rings. The highest BCUT2D eigenvalue weighted by Gasteiger charge is 2.30. The molecule has 3 aromatic carbocycles. The number of hydrogen-bond donors (Lipinski definition) is 0. The minimum Gasteiger partial charge on any atom is -0.452 e. The van der Waals surface area contributed by atoms with Crippen LogP contribution in [-0.4, -0.2) is 32.5 Å². The first-order chi connectivity index (χ1) is 18.0. The summed E-state index contributed by atoms with van der Waals surface area (Å²) in [5.41, 5.74) is 1.98. The van der Waals surface area contributed by atoms with Crippen LogP contribution < -0.4 is 4.90 Å². The van der Waals surface area contributed by atoms with Gasteiger partial charge in [-0.15, -0.1) is 0 Å². The molecule has 3 aromatic rings. The fourth-order valence-corrected chi connectivity index (χ4v) is 5.22. The van der Waals surface area contributed by atoms with Crippen molar-refractivity contribution in [1.82, 2.24) is 4.31 Å². The maximum atomic E-state index is 13.1. The first-order valence-electron chi connectivity index (χ1n) is 11.5. The lowest BCUT2D eigenvalue weighted by atomic mass is 10.0. The average Bonchev–Trinajstić information content (AvgIpc) is 3.40. The second-order valence-corrected chi connectivity index (χ2v) is 10.4. The van der Waals surface area contributed by atoms with Crippen molar-refractivity contribution < 1.29 is 31.1 Å². The monoisotopic (exact) mass is 540 g/mol. The SMILES string of the molecule is COC(=O)N(C#Cc1ccc(C(F)(F)F)cc1)c1ccccc1C1=CN(S(=O)(=O)c2ccc(C)cc2)CC1. The number of sulfonamides is 1. The zero-order valence-corrected chi connectivity index (χ0v) is 21.3. The molecular formula is C28H23F3N2O4S. The summed E-state index contributed by atoms with van der Waals surface area (Å²) in [4.78, 5) is 13.9. The molecule has 38 heavy (non-hydrogen) atoms. The Balaban J connectivity index is 1.68. The molecule has 10 heteroatoms. The highest BCUT2D eigenvalue weighted by molar-refractivity contribution is 7.89. The van der Waals surface area contributed by atoms with Gasteiger partial charge in [0.05, 0.1) is 23.3 Å². The quantitative estimate of drug-likeness (QED) is 0.299. The third-order valence-corrected chi connectivity index (χ3v) is 7.67. The van der Waals surface area contributed by atoms with E-state index in [0.717, 1.165) is 22.6 Å². The Labute approximate surface area is 219 Å². The molecule has 1 heterocycles. The predicted octanol–water partition coefficient (Wildman–Crippen LogP) is 6.03. The van der Waals surface area contributed by atoms with Crippen LogP contribution in [0.5, 0.6) is 0 Å². The van der Waals surface area contributed by atoms with Crippen molar-refractivity contribution in [2.45, 2.75) is 24.4 Å². The molecule has 0 fully saturated rings. The minimum absolute atomic E-state index is 0.174. The Morgan fingerprint density at radius 1 is 1.00 bits per heavy atom. The maximum absolute atomic E-state index is 13.1. The molecule has 4 rings (SSSR count). The summed E-state index contributed by atoms with van der Waals surface area (Å²) in [5.74, 6) is 2.70. The Morgan fingerprint density at radius 2 is 1.66 bits per heavy atom. The van der Waals surface area contributed by atoms with Gasteiger partial charge in [-0.25, -0.2) is 18.1 Å². The van der Waals surface area contributed by atoms with Crippen molar-refractivity contribution in [2.24, 2.45) is 0 Å². The number of methoxy groups -OCH3 is 1. The molecule has 0 atom stereocenters. The number of para-hydroxylation sites is 1. The van der Waals surface area contributed by atoms with Gasteiger partial charge in [-0.05, 0) is 67.3 Å². The molecule has 1 aliphatic heterocycles. The smallest absolute Gasteiger partial charge is 0.426 e. The normalized spacial score (nSPS) is 13.4. The molecule has 0 saturated carbocycles. The number of nitrogens with zero attached hydrogens (tertiary/aromatic N) is 2. The van der Waals surface area contributed by atoms with Gasteiger partial charge < -0.3 is 4.74 Å². The number of hydrogen-bond acceptors (Lipinski definition) is 4. The van der Waals surface area contributed by atoms with E-state index >= 15 is 0 Å². The third kappa shape index (κ3) is 5.68. The van der Waals surface area contributed by atoms with Crippen LogP contribution in [0.15, 0.2) is 83.9 Å². The molecule has 0 bridgehead atoms. The molecule has 0 radical (unpaired) electrons. The molecule has 0 aliphatic carbocycles. The number of ether oxygens (including phenoxy) is 1. The summed E-state index contributed by atoms with van der Waals surface area (Å²) in [7, 11) is -2.58. The number of carbonyl (C=O) groups is 1. The van der Waals surface area contributed by atoms with Gasteiger partial charge in [0.2, 0.25) is 0 Å². The Kier molecular flexibility index (Phi) is 7.51. The van der Waals surface area contributed by atoms with Crippen LogP contribution in [0.3, 0.4) is 0 Å². The largest absolute Gasteiger partial charge is 0.452 e. The number of amides is 1. The number of alkyl halides is 3. The van der Waals surface area contributed by atoms with Crippen LogP contribution in [-0.2, 0) is 20.9 Å². The van der Waals surface area contributed by atoms with Gasteiger partial charge in [-0.2, -0.15) is 13.2 Å². The minimum atomic E-state index is -4.47. The zero-order chi connectivity index (χ0) is 27.5. The van der Waals surface area contributed by atoms with Crippen molar-refractivity contribution in [3.63, 3.8) is 0 Å². The van der Waals surface area contributed by atoms with E-state index in [-0.39, 0.29) is 17.0 Å². The summed E-state index contributed by atoms with van der Waals surface area (Å²) in [6, 6.07) is 20.3. The van der Waals surface area contributed by atoms with E-state index in [9.17, 15) is 26.4 Å². The molecular weight excluding hydrogens is 517 g/mol. The highest BCUT2D eigenvalue weighted by Crippen LogP contribution is 2.35. The summed E-state index contributed by atoms with van der Waals surface area (Å²) >= 11 is 0. The summed E-state index contributed by atoms with van der Waals surface area (Å²) in [6.07, 6.45) is -3.35. The number of aryl methyl sites for hydroxylation is 1. The maximum Gasteiger partial charge on any atom is 0.426 e. The van der Waals surface area contributed by atoms with Gasteiger partial charge in [0.15, 0.2) is 0 Å². The van der Waals surface area contributed by atoms with Crippen molar-refractivity contribution >= 4 is 27.4 Å². The van der Waals surface area contributed by atoms with Crippen molar-refractivity contribution in [3.8, 4) is 12.0 Å². The van der Waals surface area contributed by atoms with Gasteiger partial charge >= 0.3 is 12.3 Å². The van der Waals surface area contributed by atoms with E-state index in [1.807, 2.05) is 6.92 Å². The van der Waals surface area contributed by atoms with Crippen LogP contribution in [0.25, 0.3) is 5.57 Å². The van der Waals surface area contributed by atoms with Gasteiger partial charge in [-0.1, -0.05) is 35.9 Å². The molecule has 6 nitrogen and oxygen atoms in total. The van der Waals surface area contributed by atoms with E-state index in [1.165, 1.54) is 29.7 Å². The fraction of sp³-hybridized carbons (Fsp3) is 0.179. The number of halogens is 3. The molecule has 1 amide bonds. The average molecular weight is 541 g/mol. The number of rotatable bonds is 4. The van der Waals surface area contributed by atoms with Gasteiger partial charge in [0, 0.05) is 29.9 Å². The van der Waals surface area contributed by atoms with Gasteiger partial charge in [0.1, 0.15) is 0 Å². The second kappa shape index (κ2) is 10.6.